The van der Waals surface area contributed by atoms with Gasteiger partial charge in [-0.25, -0.2) is 0 Å². The number of aryl methyl sites for hydroxylation is 1. The Bertz CT molecular complexity index is 589. The van der Waals surface area contributed by atoms with E-state index in [1.165, 1.54) is 5.56 Å². The van der Waals surface area contributed by atoms with Crippen LogP contribution in [0.2, 0.25) is 0 Å². The third-order valence-corrected chi connectivity index (χ3v) is 3.29. The molecule has 0 aliphatic rings. The maximum atomic E-state index is 12.0. The smallest absolute Gasteiger partial charge is 0.269 e. The van der Waals surface area contributed by atoms with Gasteiger partial charge in [-0.05, 0) is 26.5 Å². The fourth-order valence-electron chi connectivity index (χ4n) is 2.07. The van der Waals surface area contributed by atoms with Crippen LogP contribution in [0, 0.1) is 6.92 Å². The Morgan fingerprint density at radius 2 is 2.05 bits per heavy atom. The molecule has 0 saturated carbocycles. The number of aromatic amines is 1. The van der Waals surface area contributed by atoms with Gasteiger partial charge in [0.05, 0.1) is 5.69 Å². The first-order chi connectivity index (χ1) is 10.1. The molecule has 0 unspecified atom stereocenters. The normalized spacial score (nSPS) is 12.1. The van der Waals surface area contributed by atoms with Crippen molar-refractivity contribution < 1.29 is 4.79 Å². The lowest BCUT2D eigenvalue weighted by molar-refractivity contribution is 0.0945. The Hall–Kier alpha value is -2.14. The Morgan fingerprint density at radius 3 is 2.71 bits per heavy atom. The second-order valence-electron chi connectivity index (χ2n) is 5.20. The number of benzene rings is 1. The molecule has 1 aromatic carbocycles. The number of hydrogen-bond acceptors (Lipinski definition) is 3. The molecule has 0 saturated heterocycles. The highest BCUT2D eigenvalue weighted by molar-refractivity contribution is 5.93. The minimum Gasteiger partial charge on any atom is -0.349 e. The van der Waals surface area contributed by atoms with Crippen molar-refractivity contribution in [3.63, 3.8) is 0 Å². The van der Waals surface area contributed by atoms with Crippen LogP contribution >= 0.6 is 0 Å². The zero-order valence-electron chi connectivity index (χ0n) is 12.7. The van der Waals surface area contributed by atoms with Gasteiger partial charge >= 0.3 is 0 Å². The monoisotopic (exact) mass is 286 g/mol. The van der Waals surface area contributed by atoms with E-state index in [1.54, 1.807) is 6.07 Å². The fraction of sp³-hybridized carbons (Fsp3) is 0.375. The van der Waals surface area contributed by atoms with Gasteiger partial charge in [0.2, 0.25) is 0 Å². The molecule has 1 heterocycles. The summed E-state index contributed by atoms with van der Waals surface area (Å²) in [5.41, 5.74) is 3.45. The van der Waals surface area contributed by atoms with Crippen molar-refractivity contribution in [1.82, 2.24) is 20.8 Å². The zero-order valence-corrected chi connectivity index (χ0v) is 12.7. The fourth-order valence-corrected chi connectivity index (χ4v) is 2.07. The van der Waals surface area contributed by atoms with Crippen LogP contribution in [0.25, 0.3) is 11.3 Å². The summed E-state index contributed by atoms with van der Waals surface area (Å²) in [5.74, 6) is -0.134. The lowest BCUT2D eigenvalue weighted by Gasteiger charge is -2.12. The van der Waals surface area contributed by atoms with Gasteiger partial charge in [0.1, 0.15) is 5.69 Å². The van der Waals surface area contributed by atoms with Crippen molar-refractivity contribution >= 4 is 5.91 Å². The van der Waals surface area contributed by atoms with Crippen molar-refractivity contribution in [3.8, 4) is 11.3 Å². The predicted molar refractivity (Wildman–Crippen MR) is 84.2 cm³/mol. The molecule has 0 aliphatic heterocycles. The van der Waals surface area contributed by atoms with E-state index >= 15 is 0 Å². The number of aromatic nitrogens is 2. The summed E-state index contributed by atoms with van der Waals surface area (Å²) in [6, 6.07) is 10.1. The van der Waals surface area contributed by atoms with E-state index in [0.29, 0.717) is 12.2 Å². The average Bonchev–Trinajstić information content (AvgIpc) is 2.96. The molecular formula is C16H22N4O. The molecule has 21 heavy (non-hydrogen) atoms. The number of rotatable bonds is 6. The molecule has 112 valence electrons. The molecule has 3 N–H and O–H groups in total. The van der Waals surface area contributed by atoms with E-state index in [4.69, 9.17) is 0 Å². The van der Waals surface area contributed by atoms with E-state index in [9.17, 15) is 4.79 Å². The summed E-state index contributed by atoms with van der Waals surface area (Å²) in [5, 5.41) is 13.1. The van der Waals surface area contributed by atoms with Crippen LogP contribution < -0.4 is 10.6 Å². The number of nitrogens with one attached hydrogen (secondary N) is 3. The number of H-pyrrole nitrogens is 1. The van der Waals surface area contributed by atoms with Crippen LogP contribution in [0.1, 0.15) is 29.9 Å². The SMILES string of the molecule is CCN[C@H](C)CNC(=O)c1cc(-c2ccc(C)cc2)n[nH]1. The molecule has 5 nitrogen and oxygen atoms in total. The van der Waals surface area contributed by atoms with Gasteiger partial charge in [0.15, 0.2) is 0 Å². The summed E-state index contributed by atoms with van der Waals surface area (Å²) in [4.78, 5) is 12.0. The molecule has 2 rings (SSSR count). The van der Waals surface area contributed by atoms with Gasteiger partial charge in [0.25, 0.3) is 5.91 Å². The molecule has 1 atom stereocenters. The van der Waals surface area contributed by atoms with Crippen LogP contribution in [-0.4, -0.2) is 35.2 Å². The molecule has 1 aromatic heterocycles. The highest BCUT2D eigenvalue weighted by Gasteiger charge is 2.11. The first kappa shape index (κ1) is 15.3. The first-order valence-corrected chi connectivity index (χ1v) is 7.24. The molecular weight excluding hydrogens is 264 g/mol. The quantitative estimate of drug-likeness (QED) is 0.762. The van der Waals surface area contributed by atoms with Gasteiger partial charge in [-0.1, -0.05) is 36.8 Å². The highest BCUT2D eigenvalue weighted by Crippen LogP contribution is 2.18. The molecule has 2 aromatic rings. The first-order valence-electron chi connectivity index (χ1n) is 7.24. The van der Waals surface area contributed by atoms with Gasteiger partial charge in [-0.3, -0.25) is 9.89 Å². The average molecular weight is 286 g/mol. The maximum Gasteiger partial charge on any atom is 0.269 e. The van der Waals surface area contributed by atoms with Crippen LogP contribution in [0.5, 0.6) is 0 Å². The highest BCUT2D eigenvalue weighted by atomic mass is 16.1. The van der Waals surface area contributed by atoms with E-state index in [2.05, 4.69) is 20.8 Å². The summed E-state index contributed by atoms with van der Waals surface area (Å²) < 4.78 is 0. The standard InChI is InChI=1S/C16H22N4O/c1-4-17-12(3)10-18-16(21)15-9-14(19-20-15)13-7-5-11(2)6-8-13/h5-9,12,17H,4,10H2,1-3H3,(H,18,21)(H,19,20)/t12-/m1/s1. The molecule has 0 radical (unpaired) electrons. The van der Waals surface area contributed by atoms with E-state index in [1.807, 2.05) is 45.0 Å². The van der Waals surface area contributed by atoms with Gasteiger partial charge in [0, 0.05) is 18.2 Å². The second kappa shape index (κ2) is 7.04. The zero-order chi connectivity index (χ0) is 15.2. The molecule has 5 heteroatoms. The van der Waals surface area contributed by atoms with Crippen molar-refractivity contribution in [3.05, 3.63) is 41.6 Å². The van der Waals surface area contributed by atoms with E-state index in [0.717, 1.165) is 17.8 Å². The van der Waals surface area contributed by atoms with Crippen molar-refractivity contribution in [2.45, 2.75) is 26.8 Å². The summed E-state index contributed by atoms with van der Waals surface area (Å²) in [6.07, 6.45) is 0. The molecule has 0 bridgehead atoms. The maximum absolute atomic E-state index is 12.0. The summed E-state index contributed by atoms with van der Waals surface area (Å²) in [6.45, 7) is 7.60. The Labute approximate surface area is 125 Å². The number of nitrogens with zero attached hydrogens (tertiary/aromatic N) is 1. The predicted octanol–water partition coefficient (Wildman–Crippen LogP) is 2.11. The minimum atomic E-state index is -0.134. The lowest BCUT2D eigenvalue weighted by atomic mass is 10.1. The minimum absolute atomic E-state index is 0.134. The van der Waals surface area contributed by atoms with Crippen LogP contribution in [0.3, 0.4) is 0 Å². The second-order valence-corrected chi connectivity index (χ2v) is 5.20. The summed E-state index contributed by atoms with van der Waals surface area (Å²) >= 11 is 0. The topological polar surface area (TPSA) is 69.8 Å². The molecule has 1 amide bonds. The summed E-state index contributed by atoms with van der Waals surface area (Å²) in [7, 11) is 0. The third kappa shape index (κ3) is 4.16. The number of hydrogen-bond donors (Lipinski definition) is 3. The van der Waals surface area contributed by atoms with E-state index in [-0.39, 0.29) is 11.9 Å². The largest absolute Gasteiger partial charge is 0.349 e. The van der Waals surface area contributed by atoms with Crippen LogP contribution in [0.15, 0.2) is 30.3 Å². The number of carbonyl (C=O) groups is 1. The van der Waals surface area contributed by atoms with Crippen molar-refractivity contribution in [2.75, 3.05) is 13.1 Å². The molecule has 0 fully saturated rings. The van der Waals surface area contributed by atoms with Crippen LogP contribution in [0.4, 0.5) is 0 Å². The van der Waals surface area contributed by atoms with Gasteiger partial charge in [-0.2, -0.15) is 5.10 Å². The van der Waals surface area contributed by atoms with E-state index < -0.39 is 0 Å². The Balaban J connectivity index is 1.99. The number of likely N-dealkylation sites (N-methyl/N-ethyl adjacent to an activating group) is 1. The Kier molecular flexibility index (Phi) is 5.11. The molecule has 0 spiro atoms. The van der Waals surface area contributed by atoms with Gasteiger partial charge in [-0.15, -0.1) is 0 Å². The lowest BCUT2D eigenvalue weighted by Crippen LogP contribution is -2.38. The van der Waals surface area contributed by atoms with Crippen molar-refractivity contribution in [1.29, 1.82) is 0 Å². The molecule has 0 aliphatic carbocycles. The number of carbonyl (C=O) groups excluding carboxylic acids is 1. The van der Waals surface area contributed by atoms with Crippen molar-refractivity contribution in [2.24, 2.45) is 0 Å². The van der Waals surface area contributed by atoms with Gasteiger partial charge < -0.3 is 10.6 Å². The third-order valence-electron chi connectivity index (χ3n) is 3.29. The van der Waals surface area contributed by atoms with Crippen LogP contribution in [-0.2, 0) is 0 Å². The Morgan fingerprint density at radius 1 is 1.33 bits per heavy atom. The number of amides is 1.